The van der Waals surface area contributed by atoms with E-state index in [9.17, 15) is 13.2 Å². The Kier molecular flexibility index (Phi) is 10.3. The predicted octanol–water partition coefficient (Wildman–Crippen LogP) is 4.67. The van der Waals surface area contributed by atoms with Crippen molar-refractivity contribution in [2.24, 2.45) is 0 Å². The van der Waals surface area contributed by atoms with Gasteiger partial charge in [0.15, 0.2) is 28.4 Å². The first-order chi connectivity index (χ1) is 16.8. The van der Waals surface area contributed by atoms with Crippen LogP contribution in [0.15, 0.2) is 23.4 Å². The SMILES string of the molecule is CCCSc1nc(N)c(N)c(NC2CCC(OCC(F)CO)C2)n1.Fc1ccc(C2CC2)cc1F. The van der Waals surface area contributed by atoms with Crippen molar-refractivity contribution in [2.75, 3.05) is 35.8 Å². The quantitative estimate of drug-likeness (QED) is 0.267. The maximum absolute atomic E-state index is 13.0. The number of nitrogens with two attached hydrogens (primary N) is 2. The summed E-state index contributed by atoms with van der Waals surface area (Å²) in [5.41, 5.74) is 13.1. The Labute approximate surface area is 208 Å². The van der Waals surface area contributed by atoms with Gasteiger partial charge in [-0.25, -0.2) is 23.1 Å². The maximum atomic E-state index is 13.0. The van der Waals surface area contributed by atoms with E-state index in [4.69, 9.17) is 21.3 Å². The lowest BCUT2D eigenvalue weighted by atomic mass is 10.1. The number of hydrogen-bond donors (Lipinski definition) is 4. The fraction of sp³-hybridized carbons (Fsp3) is 0.583. The molecule has 1 heterocycles. The van der Waals surface area contributed by atoms with E-state index in [0.29, 0.717) is 22.6 Å². The highest BCUT2D eigenvalue weighted by Gasteiger charge is 2.27. The fourth-order valence-electron chi connectivity index (χ4n) is 3.73. The van der Waals surface area contributed by atoms with Crippen molar-refractivity contribution in [2.45, 2.75) is 74.8 Å². The average Bonchev–Trinajstić information content (AvgIpc) is 3.60. The third-order valence-electron chi connectivity index (χ3n) is 5.82. The van der Waals surface area contributed by atoms with Crippen molar-refractivity contribution in [1.82, 2.24) is 9.97 Å². The number of anilines is 3. The minimum atomic E-state index is -1.33. The van der Waals surface area contributed by atoms with E-state index in [2.05, 4.69) is 22.2 Å². The lowest BCUT2D eigenvalue weighted by Crippen LogP contribution is -2.23. The molecule has 2 aliphatic rings. The Bertz CT molecular complexity index is 967. The van der Waals surface area contributed by atoms with Gasteiger partial charge in [-0.3, -0.25) is 0 Å². The van der Waals surface area contributed by atoms with E-state index in [1.165, 1.54) is 12.1 Å². The summed E-state index contributed by atoms with van der Waals surface area (Å²) in [4.78, 5) is 8.64. The van der Waals surface area contributed by atoms with Gasteiger partial charge in [-0.2, -0.15) is 0 Å². The van der Waals surface area contributed by atoms with Gasteiger partial charge in [0.25, 0.3) is 0 Å². The summed E-state index contributed by atoms with van der Waals surface area (Å²) >= 11 is 1.54. The molecule has 2 aliphatic carbocycles. The molecule has 35 heavy (non-hydrogen) atoms. The smallest absolute Gasteiger partial charge is 0.191 e. The van der Waals surface area contributed by atoms with Crippen LogP contribution in [0.5, 0.6) is 0 Å². The number of nitrogens with one attached hydrogen (secondary N) is 1. The molecule has 1 aromatic carbocycles. The van der Waals surface area contributed by atoms with Crippen LogP contribution < -0.4 is 16.8 Å². The third kappa shape index (κ3) is 8.43. The van der Waals surface area contributed by atoms with E-state index in [1.54, 1.807) is 17.8 Å². The number of aliphatic hydroxyl groups is 1. The summed E-state index contributed by atoms with van der Waals surface area (Å²) in [7, 11) is 0. The molecule has 1 aromatic heterocycles. The highest BCUT2D eigenvalue weighted by atomic mass is 32.2. The molecular formula is C24H34F3N5O2S. The molecule has 0 spiro atoms. The molecule has 0 aliphatic heterocycles. The molecule has 11 heteroatoms. The molecule has 0 bridgehead atoms. The van der Waals surface area contributed by atoms with Crippen LogP contribution in [0.25, 0.3) is 0 Å². The van der Waals surface area contributed by atoms with Crippen molar-refractivity contribution >= 4 is 29.1 Å². The van der Waals surface area contributed by atoms with Crippen LogP contribution in [-0.2, 0) is 4.74 Å². The van der Waals surface area contributed by atoms with Crippen LogP contribution in [0.2, 0.25) is 0 Å². The summed E-state index contributed by atoms with van der Waals surface area (Å²) in [6.07, 6.45) is 4.34. The van der Waals surface area contributed by atoms with Gasteiger partial charge in [-0.05, 0) is 62.1 Å². The average molecular weight is 514 g/mol. The van der Waals surface area contributed by atoms with Gasteiger partial charge in [0.05, 0.1) is 19.3 Å². The number of alkyl halides is 1. The van der Waals surface area contributed by atoms with E-state index < -0.39 is 24.4 Å². The first-order valence-electron chi connectivity index (χ1n) is 11.9. The van der Waals surface area contributed by atoms with E-state index >= 15 is 0 Å². The number of rotatable bonds is 10. The summed E-state index contributed by atoms with van der Waals surface area (Å²) in [5, 5.41) is 12.6. The highest BCUT2D eigenvalue weighted by molar-refractivity contribution is 7.99. The number of nitrogen functional groups attached to an aromatic ring is 2. The van der Waals surface area contributed by atoms with Crippen LogP contribution in [0.4, 0.5) is 30.5 Å². The largest absolute Gasteiger partial charge is 0.393 e. The highest BCUT2D eigenvalue weighted by Crippen LogP contribution is 2.40. The van der Waals surface area contributed by atoms with Crippen LogP contribution in [0.3, 0.4) is 0 Å². The zero-order valence-corrected chi connectivity index (χ0v) is 20.7. The molecule has 7 nitrogen and oxygen atoms in total. The first-order valence-corrected chi connectivity index (χ1v) is 12.9. The number of aliphatic hydroxyl groups excluding tert-OH is 1. The van der Waals surface area contributed by atoms with Gasteiger partial charge in [-0.15, -0.1) is 0 Å². The monoisotopic (exact) mass is 513 g/mol. The third-order valence-corrected chi connectivity index (χ3v) is 6.87. The van der Waals surface area contributed by atoms with Crippen LogP contribution in [0.1, 0.15) is 56.9 Å². The van der Waals surface area contributed by atoms with E-state index in [1.807, 2.05) is 0 Å². The number of hydrogen-bond acceptors (Lipinski definition) is 8. The molecule has 194 valence electrons. The Morgan fingerprint density at radius 3 is 2.60 bits per heavy atom. The summed E-state index contributed by atoms with van der Waals surface area (Å²) in [5.74, 6) is 0.747. The normalized spacial score (nSPS) is 20.3. The minimum absolute atomic E-state index is 0.0263. The number of benzene rings is 1. The van der Waals surface area contributed by atoms with E-state index in [0.717, 1.165) is 49.8 Å². The molecule has 2 saturated carbocycles. The molecule has 4 rings (SSSR count). The van der Waals surface area contributed by atoms with Crippen molar-refractivity contribution < 1.29 is 23.0 Å². The fourth-order valence-corrected chi connectivity index (χ4v) is 4.43. The molecule has 3 atom stereocenters. The van der Waals surface area contributed by atoms with Gasteiger partial charge in [0.2, 0.25) is 0 Å². The molecule has 3 unspecified atom stereocenters. The molecule has 0 radical (unpaired) electrons. The van der Waals surface area contributed by atoms with Gasteiger partial charge in [-0.1, -0.05) is 24.8 Å². The van der Waals surface area contributed by atoms with Gasteiger partial charge in [0, 0.05) is 11.8 Å². The lowest BCUT2D eigenvalue weighted by molar-refractivity contribution is 0.00628. The molecule has 6 N–H and O–H groups in total. The van der Waals surface area contributed by atoms with E-state index in [-0.39, 0.29) is 24.6 Å². The maximum Gasteiger partial charge on any atom is 0.191 e. The topological polar surface area (TPSA) is 119 Å². The number of halogens is 3. The Balaban J connectivity index is 0.000000256. The molecule has 2 aromatic rings. The van der Waals surface area contributed by atoms with Crippen molar-refractivity contribution in [1.29, 1.82) is 0 Å². The molecular weight excluding hydrogens is 479 g/mol. The second-order valence-electron chi connectivity index (χ2n) is 8.84. The number of thioether (sulfide) groups is 1. The van der Waals surface area contributed by atoms with Gasteiger partial charge < -0.3 is 26.6 Å². The Morgan fingerprint density at radius 2 is 1.94 bits per heavy atom. The van der Waals surface area contributed by atoms with Crippen molar-refractivity contribution in [3.05, 3.63) is 35.4 Å². The van der Waals surface area contributed by atoms with Crippen LogP contribution in [-0.4, -0.2) is 52.4 Å². The van der Waals surface area contributed by atoms with Crippen molar-refractivity contribution in [3.63, 3.8) is 0 Å². The zero-order valence-electron chi connectivity index (χ0n) is 19.9. The van der Waals surface area contributed by atoms with Gasteiger partial charge >= 0.3 is 0 Å². The molecule has 0 amide bonds. The van der Waals surface area contributed by atoms with Gasteiger partial charge in [0.1, 0.15) is 11.9 Å². The standard InChI is InChI=1S/C15H26FN5O2S.C9H8F2/c1-2-5-24-15-20-13(18)12(17)14(21-15)19-10-3-4-11(6-10)23-8-9(16)7-22;10-8-4-3-7(5-9(8)11)6-1-2-6/h9-11,22H,2-8,17H2,1H3,(H3,18,19,20,21);3-6H,1-2H2. The summed E-state index contributed by atoms with van der Waals surface area (Å²) in [6.45, 7) is 1.50. The molecule has 2 fully saturated rings. The zero-order chi connectivity index (χ0) is 25.4. The number of aromatic nitrogens is 2. The second-order valence-corrected chi connectivity index (χ2v) is 9.90. The lowest BCUT2D eigenvalue weighted by Gasteiger charge is -2.17. The van der Waals surface area contributed by atoms with Crippen LogP contribution >= 0.6 is 11.8 Å². The Hall–Kier alpha value is -2.24. The first kappa shape index (κ1) is 27.3. The van der Waals surface area contributed by atoms with Crippen LogP contribution in [0, 0.1) is 11.6 Å². The Morgan fingerprint density at radius 1 is 1.17 bits per heavy atom. The predicted molar refractivity (Wildman–Crippen MR) is 133 cm³/mol. The number of ether oxygens (including phenoxy) is 1. The van der Waals surface area contributed by atoms with Crippen molar-refractivity contribution in [3.8, 4) is 0 Å². The number of nitrogens with zero attached hydrogens (tertiary/aromatic N) is 2. The summed E-state index contributed by atoms with van der Waals surface area (Å²) < 4.78 is 43.5. The minimum Gasteiger partial charge on any atom is -0.393 e. The summed E-state index contributed by atoms with van der Waals surface area (Å²) in [6, 6.07) is 4.30. The molecule has 0 saturated heterocycles. The second kappa shape index (κ2) is 13.2.